The molecule has 0 aliphatic rings. The van der Waals surface area contributed by atoms with E-state index in [0.717, 1.165) is 10.2 Å². The minimum Gasteiger partial charge on any atom is -0.461 e. The maximum atomic E-state index is 5.78. The van der Waals surface area contributed by atoms with Crippen LogP contribution in [-0.2, 0) is 0 Å². The van der Waals surface area contributed by atoms with Gasteiger partial charge in [-0.05, 0) is 40.2 Å². The van der Waals surface area contributed by atoms with Crippen molar-refractivity contribution in [3.63, 3.8) is 0 Å². The summed E-state index contributed by atoms with van der Waals surface area (Å²) in [4.78, 5) is 4.25. The summed E-state index contributed by atoms with van der Waals surface area (Å²) < 4.78 is 6.04. The minimum absolute atomic E-state index is 0.368. The number of hydrogen-bond acceptors (Lipinski definition) is 2. The molecule has 0 spiro atoms. The molecular weight excluding hydrogens is 256 g/mol. The molecule has 1 aromatic heterocycles. The van der Waals surface area contributed by atoms with Crippen molar-refractivity contribution in [3.05, 3.63) is 52.9 Å². The molecular formula is C11H9BrN2O. The van der Waals surface area contributed by atoms with Crippen molar-refractivity contribution < 1.29 is 4.42 Å². The molecule has 3 nitrogen and oxygen atoms in total. The third-order valence-electron chi connectivity index (χ3n) is 1.87. The quantitative estimate of drug-likeness (QED) is 0.670. The Labute approximate surface area is 95.8 Å². The standard InChI is InChI=1S/C11H9BrN2O/c12-8-4-1-2-5-9(8)14-11(13)10-6-3-7-15-10/h1-7H,(H2,13,14). The van der Waals surface area contributed by atoms with Crippen LogP contribution in [0.3, 0.4) is 0 Å². The Morgan fingerprint density at radius 3 is 2.67 bits per heavy atom. The Morgan fingerprint density at radius 1 is 1.20 bits per heavy atom. The fourth-order valence-corrected chi connectivity index (χ4v) is 1.53. The first-order valence-corrected chi connectivity index (χ1v) is 5.19. The molecule has 0 bridgehead atoms. The summed E-state index contributed by atoms with van der Waals surface area (Å²) in [6.45, 7) is 0. The molecule has 15 heavy (non-hydrogen) atoms. The first-order valence-electron chi connectivity index (χ1n) is 4.40. The van der Waals surface area contributed by atoms with Gasteiger partial charge in [-0.1, -0.05) is 12.1 Å². The van der Waals surface area contributed by atoms with E-state index in [2.05, 4.69) is 20.9 Å². The van der Waals surface area contributed by atoms with E-state index in [4.69, 9.17) is 10.2 Å². The first kappa shape index (κ1) is 9.98. The number of hydrogen-bond donors (Lipinski definition) is 1. The third-order valence-corrected chi connectivity index (χ3v) is 2.54. The van der Waals surface area contributed by atoms with Gasteiger partial charge in [0.15, 0.2) is 11.6 Å². The average molecular weight is 265 g/mol. The highest BCUT2D eigenvalue weighted by Gasteiger charge is 2.02. The minimum atomic E-state index is 0.368. The van der Waals surface area contributed by atoms with E-state index in [1.165, 1.54) is 0 Å². The van der Waals surface area contributed by atoms with Gasteiger partial charge in [0.1, 0.15) is 0 Å². The summed E-state index contributed by atoms with van der Waals surface area (Å²) in [5.74, 6) is 0.942. The van der Waals surface area contributed by atoms with E-state index < -0.39 is 0 Å². The molecule has 0 amide bonds. The second-order valence-electron chi connectivity index (χ2n) is 2.93. The van der Waals surface area contributed by atoms with E-state index in [9.17, 15) is 0 Å². The molecule has 2 rings (SSSR count). The number of nitrogens with zero attached hydrogens (tertiary/aromatic N) is 1. The molecule has 0 saturated carbocycles. The van der Waals surface area contributed by atoms with Crippen LogP contribution in [0.15, 0.2) is 56.5 Å². The van der Waals surface area contributed by atoms with Crippen molar-refractivity contribution in [2.75, 3.05) is 0 Å². The average Bonchev–Trinajstić information content (AvgIpc) is 2.74. The number of aliphatic imine (C=N–C) groups is 1. The van der Waals surface area contributed by atoms with Crippen LogP contribution >= 0.6 is 15.9 Å². The number of rotatable bonds is 2. The number of nitrogens with two attached hydrogens (primary N) is 1. The van der Waals surface area contributed by atoms with Gasteiger partial charge in [-0.3, -0.25) is 0 Å². The summed E-state index contributed by atoms with van der Waals surface area (Å²) >= 11 is 3.39. The van der Waals surface area contributed by atoms with E-state index in [1.54, 1.807) is 18.4 Å². The van der Waals surface area contributed by atoms with Gasteiger partial charge in [-0.15, -0.1) is 0 Å². The fraction of sp³-hybridized carbons (Fsp3) is 0. The monoisotopic (exact) mass is 264 g/mol. The second-order valence-corrected chi connectivity index (χ2v) is 3.78. The van der Waals surface area contributed by atoms with Crippen LogP contribution in [0.4, 0.5) is 5.69 Å². The predicted octanol–water partition coefficient (Wildman–Crippen LogP) is 3.08. The molecule has 0 saturated heterocycles. The zero-order chi connectivity index (χ0) is 10.7. The third kappa shape index (κ3) is 2.27. The van der Waals surface area contributed by atoms with Crippen molar-refractivity contribution in [1.29, 1.82) is 0 Å². The molecule has 1 heterocycles. The Kier molecular flexibility index (Phi) is 2.87. The van der Waals surface area contributed by atoms with E-state index >= 15 is 0 Å². The highest BCUT2D eigenvalue weighted by atomic mass is 79.9. The molecule has 0 aliphatic heterocycles. The molecule has 0 fully saturated rings. The zero-order valence-electron chi connectivity index (χ0n) is 7.85. The van der Waals surface area contributed by atoms with Gasteiger partial charge in [0, 0.05) is 4.47 Å². The van der Waals surface area contributed by atoms with Gasteiger partial charge < -0.3 is 10.2 Å². The number of para-hydroxylation sites is 1. The van der Waals surface area contributed by atoms with Gasteiger partial charge in [0.25, 0.3) is 0 Å². The van der Waals surface area contributed by atoms with Gasteiger partial charge in [-0.2, -0.15) is 0 Å². The molecule has 2 aromatic rings. The number of halogens is 1. The molecule has 4 heteroatoms. The van der Waals surface area contributed by atoms with Crippen molar-refractivity contribution >= 4 is 27.5 Å². The molecule has 2 N–H and O–H groups in total. The Morgan fingerprint density at radius 2 is 2.00 bits per heavy atom. The van der Waals surface area contributed by atoms with Crippen LogP contribution in [-0.4, -0.2) is 5.84 Å². The van der Waals surface area contributed by atoms with Crippen molar-refractivity contribution in [2.45, 2.75) is 0 Å². The molecule has 1 aromatic carbocycles. The van der Waals surface area contributed by atoms with Gasteiger partial charge >= 0.3 is 0 Å². The zero-order valence-corrected chi connectivity index (χ0v) is 9.44. The predicted molar refractivity (Wildman–Crippen MR) is 63.2 cm³/mol. The topological polar surface area (TPSA) is 51.5 Å². The number of benzene rings is 1. The lowest BCUT2D eigenvalue weighted by Crippen LogP contribution is -2.11. The Bertz CT molecular complexity index is 477. The van der Waals surface area contributed by atoms with E-state index in [0.29, 0.717) is 11.6 Å². The lowest BCUT2D eigenvalue weighted by Gasteiger charge is -1.99. The van der Waals surface area contributed by atoms with Crippen molar-refractivity contribution in [1.82, 2.24) is 0 Å². The summed E-state index contributed by atoms with van der Waals surface area (Å²) in [5.41, 5.74) is 6.56. The van der Waals surface area contributed by atoms with Gasteiger partial charge in [0.2, 0.25) is 0 Å². The SMILES string of the molecule is NC(=Nc1ccccc1Br)c1ccco1. The van der Waals surface area contributed by atoms with Gasteiger partial charge in [0.05, 0.1) is 12.0 Å². The van der Waals surface area contributed by atoms with Crippen molar-refractivity contribution in [3.8, 4) is 0 Å². The van der Waals surface area contributed by atoms with E-state index in [-0.39, 0.29) is 0 Å². The highest BCUT2D eigenvalue weighted by Crippen LogP contribution is 2.24. The van der Waals surface area contributed by atoms with Crippen LogP contribution in [0.5, 0.6) is 0 Å². The highest BCUT2D eigenvalue weighted by molar-refractivity contribution is 9.10. The van der Waals surface area contributed by atoms with Crippen LogP contribution in [0.25, 0.3) is 0 Å². The normalized spacial score (nSPS) is 11.7. The molecule has 0 radical (unpaired) electrons. The maximum Gasteiger partial charge on any atom is 0.168 e. The fourth-order valence-electron chi connectivity index (χ4n) is 1.15. The van der Waals surface area contributed by atoms with E-state index in [1.807, 2.05) is 24.3 Å². The molecule has 76 valence electrons. The van der Waals surface area contributed by atoms with Crippen LogP contribution in [0.1, 0.15) is 5.76 Å². The Hall–Kier alpha value is -1.55. The molecule has 0 aliphatic carbocycles. The molecule has 0 atom stereocenters. The maximum absolute atomic E-state index is 5.78. The number of furan rings is 1. The molecule has 0 unspecified atom stereocenters. The lowest BCUT2D eigenvalue weighted by molar-refractivity contribution is 0.557. The van der Waals surface area contributed by atoms with Crippen LogP contribution in [0.2, 0.25) is 0 Å². The Balaban J connectivity index is 2.35. The van der Waals surface area contributed by atoms with Crippen LogP contribution in [0, 0.1) is 0 Å². The number of amidine groups is 1. The smallest absolute Gasteiger partial charge is 0.168 e. The largest absolute Gasteiger partial charge is 0.461 e. The van der Waals surface area contributed by atoms with Crippen molar-refractivity contribution in [2.24, 2.45) is 10.7 Å². The van der Waals surface area contributed by atoms with Gasteiger partial charge in [-0.25, -0.2) is 4.99 Å². The second kappa shape index (κ2) is 4.31. The first-order chi connectivity index (χ1) is 7.27. The summed E-state index contributed by atoms with van der Waals surface area (Å²) in [6, 6.07) is 11.2. The summed E-state index contributed by atoms with van der Waals surface area (Å²) in [6.07, 6.45) is 1.57. The van der Waals surface area contributed by atoms with Crippen LogP contribution < -0.4 is 5.73 Å². The lowest BCUT2D eigenvalue weighted by atomic mass is 10.3. The summed E-state index contributed by atoms with van der Waals surface area (Å²) in [5, 5.41) is 0. The summed E-state index contributed by atoms with van der Waals surface area (Å²) in [7, 11) is 0.